The highest BCUT2D eigenvalue weighted by Gasteiger charge is 2.39. The third-order valence-corrected chi connectivity index (χ3v) is 6.51. The molecule has 1 aliphatic carbocycles. The van der Waals surface area contributed by atoms with E-state index in [1.165, 1.54) is 0 Å². The second kappa shape index (κ2) is 15.6. The van der Waals surface area contributed by atoms with E-state index in [1.54, 1.807) is 19.1 Å². The van der Waals surface area contributed by atoms with Crippen LogP contribution in [-0.4, -0.2) is 57.3 Å². The van der Waals surface area contributed by atoms with E-state index in [0.717, 1.165) is 5.56 Å². The summed E-state index contributed by atoms with van der Waals surface area (Å²) in [4.78, 5) is 26.3. The number of nitrogens with zero attached hydrogens (tertiary/aromatic N) is 1. The quantitative estimate of drug-likeness (QED) is 0.119. The standard InChI is InChI=1S/C26H37ClN2O7/c1-18(17-36-29(34)35)28-26(33)10-5-3-2-4-9-22-23(25(32)16-24(22)31)14-13-21(30)12-11-19-7-6-8-20(27)15-19/h2,4,6-8,13-15,18,21-25,30-32H,3,5,9-12,16-17H2,1H3,(H,28,33)/t18?,21-,22+,23+,24-,25+/m0/s1. The van der Waals surface area contributed by atoms with Crippen LogP contribution in [0.3, 0.4) is 0 Å². The maximum Gasteiger partial charge on any atom is 0.294 e. The number of halogens is 1. The summed E-state index contributed by atoms with van der Waals surface area (Å²) < 4.78 is 0. The largest absolute Gasteiger partial charge is 0.393 e. The zero-order chi connectivity index (χ0) is 26.5. The molecule has 6 atom stereocenters. The molecule has 200 valence electrons. The lowest BCUT2D eigenvalue weighted by Crippen LogP contribution is -2.36. The Labute approximate surface area is 216 Å². The second-order valence-electron chi connectivity index (χ2n) is 9.32. The van der Waals surface area contributed by atoms with Gasteiger partial charge in [0.1, 0.15) is 6.61 Å². The van der Waals surface area contributed by atoms with Gasteiger partial charge in [-0.15, -0.1) is 10.1 Å². The lowest BCUT2D eigenvalue weighted by Gasteiger charge is -2.19. The molecule has 10 heteroatoms. The first-order valence-electron chi connectivity index (χ1n) is 12.3. The minimum Gasteiger partial charge on any atom is -0.393 e. The van der Waals surface area contributed by atoms with Gasteiger partial charge in [0.05, 0.1) is 18.3 Å². The molecule has 1 saturated carbocycles. The topological polar surface area (TPSA) is 142 Å². The van der Waals surface area contributed by atoms with Crippen molar-refractivity contribution in [3.05, 3.63) is 69.3 Å². The number of allylic oxidation sites excluding steroid dienone is 2. The number of amides is 1. The van der Waals surface area contributed by atoms with E-state index in [2.05, 4.69) is 10.2 Å². The number of aliphatic hydroxyl groups is 3. The van der Waals surface area contributed by atoms with Crippen LogP contribution in [0.1, 0.15) is 51.0 Å². The molecule has 9 nitrogen and oxygen atoms in total. The molecule has 1 aromatic rings. The number of benzene rings is 1. The van der Waals surface area contributed by atoms with Crippen LogP contribution in [-0.2, 0) is 16.1 Å². The number of hydrogen-bond acceptors (Lipinski definition) is 7. The third kappa shape index (κ3) is 11.1. The Morgan fingerprint density at radius 3 is 2.83 bits per heavy atom. The molecule has 2 rings (SSSR count). The smallest absolute Gasteiger partial charge is 0.294 e. The summed E-state index contributed by atoms with van der Waals surface area (Å²) in [5.74, 6) is -0.603. The van der Waals surface area contributed by atoms with Crippen molar-refractivity contribution >= 4 is 17.5 Å². The first kappa shape index (κ1) is 29.8. The van der Waals surface area contributed by atoms with Gasteiger partial charge in [-0.1, -0.05) is 48.0 Å². The summed E-state index contributed by atoms with van der Waals surface area (Å²) in [7, 11) is 0. The van der Waals surface area contributed by atoms with Crippen molar-refractivity contribution in [3.63, 3.8) is 0 Å². The van der Waals surface area contributed by atoms with Gasteiger partial charge in [0.25, 0.3) is 5.09 Å². The van der Waals surface area contributed by atoms with Gasteiger partial charge in [-0.3, -0.25) is 4.79 Å². The lowest BCUT2D eigenvalue weighted by atomic mass is 9.89. The maximum absolute atomic E-state index is 11.9. The van der Waals surface area contributed by atoms with Crippen molar-refractivity contribution < 1.29 is 30.0 Å². The van der Waals surface area contributed by atoms with E-state index in [0.29, 0.717) is 43.5 Å². The molecule has 0 spiro atoms. The van der Waals surface area contributed by atoms with Crippen LogP contribution in [0.5, 0.6) is 0 Å². The van der Waals surface area contributed by atoms with Crippen LogP contribution in [0.25, 0.3) is 0 Å². The van der Waals surface area contributed by atoms with Crippen molar-refractivity contribution in [1.82, 2.24) is 5.32 Å². The third-order valence-electron chi connectivity index (χ3n) is 6.28. The molecular formula is C26H37ClN2O7. The van der Waals surface area contributed by atoms with E-state index < -0.39 is 29.4 Å². The summed E-state index contributed by atoms with van der Waals surface area (Å²) in [6.07, 6.45) is 9.11. The van der Waals surface area contributed by atoms with Crippen molar-refractivity contribution in [2.45, 2.75) is 76.2 Å². The van der Waals surface area contributed by atoms with Gasteiger partial charge in [0, 0.05) is 29.8 Å². The Hall–Kier alpha value is -2.46. The number of carbonyl (C=O) groups is 1. The van der Waals surface area contributed by atoms with Crippen molar-refractivity contribution in [2.24, 2.45) is 11.8 Å². The van der Waals surface area contributed by atoms with Gasteiger partial charge in [-0.05, 0) is 62.6 Å². The van der Waals surface area contributed by atoms with E-state index in [4.69, 9.17) is 11.6 Å². The summed E-state index contributed by atoms with van der Waals surface area (Å²) in [5.41, 5.74) is 1.05. The number of nitrogens with one attached hydrogen (secondary N) is 1. The van der Waals surface area contributed by atoms with Crippen molar-refractivity contribution in [1.29, 1.82) is 0 Å². The molecule has 1 unspecified atom stereocenters. The summed E-state index contributed by atoms with van der Waals surface area (Å²) in [6.45, 7) is 1.44. The summed E-state index contributed by atoms with van der Waals surface area (Å²) in [6, 6.07) is 7.07. The van der Waals surface area contributed by atoms with Crippen LogP contribution >= 0.6 is 11.6 Å². The Morgan fingerprint density at radius 1 is 1.33 bits per heavy atom. The zero-order valence-electron chi connectivity index (χ0n) is 20.5. The number of aryl methyl sites for hydroxylation is 1. The molecule has 0 aliphatic heterocycles. The molecule has 0 saturated heterocycles. The highest BCUT2D eigenvalue weighted by Crippen LogP contribution is 2.36. The predicted molar refractivity (Wildman–Crippen MR) is 137 cm³/mol. The SMILES string of the molecule is CC(CO[N+](=O)[O-])NC(=O)CCCC=CC[C@@H]1[C@@H](C=C[C@@H](O)CCc2cccc(Cl)c2)[C@H](O)C[C@@H]1O. The van der Waals surface area contributed by atoms with E-state index in [9.17, 15) is 30.2 Å². The van der Waals surface area contributed by atoms with Crippen LogP contribution in [0.15, 0.2) is 48.6 Å². The summed E-state index contributed by atoms with van der Waals surface area (Å²) in [5, 5.41) is 43.8. The number of rotatable bonds is 15. The molecule has 1 aromatic carbocycles. The monoisotopic (exact) mass is 524 g/mol. The number of unbranched alkanes of at least 4 members (excludes halogenated alkanes) is 1. The minimum atomic E-state index is -0.890. The van der Waals surface area contributed by atoms with Gasteiger partial charge in [0.2, 0.25) is 5.91 Å². The molecule has 36 heavy (non-hydrogen) atoms. The Bertz CT molecular complexity index is 895. The molecule has 0 radical (unpaired) electrons. The molecule has 0 aromatic heterocycles. The van der Waals surface area contributed by atoms with Gasteiger partial charge in [0.15, 0.2) is 0 Å². The predicted octanol–water partition coefficient (Wildman–Crippen LogP) is 3.38. The first-order chi connectivity index (χ1) is 17.2. The van der Waals surface area contributed by atoms with Crippen LogP contribution in [0.4, 0.5) is 0 Å². The molecule has 4 N–H and O–H groups in total. The van der Waals surface area contributed by atoms with Gasteiger partial charge >= 0.3 is 0 Å². The molecule has 1 amide bonds. The van der Waals surface area contributed by atoms with Crippen molar-refractivity contribution in [2.75, 3.05) is 6.61 Å². The van der Waals surface area contributed by atoms with Gasteiger partial charge in [-0.2, -0.15) is 0 Å². The Morgan fingerprint density at radius 2 is 2.11 bits per heavy atom. The van der Waals surface area contributed by atoms with Crippen LogP contribution in [0.2, 0.25) is 5.02 Å². The van der Waals surface area contributed by atoms with Crippen LogP contribution < -0.4 is 5.32 Å². The van der Waals surface area contributed by atoms with Crippen LogP contribution in [0, 0.1) is 22.0 Å². The zero-order valence-corrected chi connectivity index (χ0v) is 21.3. The number of carbonyl (C=O) groups excluding carboxylic acids is 1. The number of hydrogen-bond donors (Lipinski definition) is 4. The fraction of sp³-hybridized carbons (Fsp3) is 0.577. The fourth-order valence-corrected chi connectivity index (χ4v) is 4.59. The average Bonchev–Trinajstić information content (AvgIpc) is 3.09. The van der Waals surface area contributed by atoms with Gasteiger partial charge in [-0.25, -0.2) is 0 Å². The first-order valence-corrected chi connectivity index (χ1v) is 12.7. The molecule has 0 bridgehead atoms. The van der Waals surface area contributed by atoms with E-state index in [1.807, 2.05) is 36.4 Å². The normalized spacial score (nSPS) is 23.7. The second-order valence-corrected chi connectivity index (χ2v) is 9.76. The average molecular weight is 525 g/mol. The Kier molecular flexibility index (Phi) is 12.9. The highest BCUT2D eigenvalue weighted by atomic mass is 35.5. The Balaban J connectivity index is 1.72. The minimum absolute atomic E-state index is 0.154. The summed E-state index contributed by atoms with van der Waals surface area (Å²) >= 11 is 6.00. The molecular weight excluding hydrogens is 488 g/mol. The highest BCUT2D eigenvalue weighted by molar-refractivity contribution is 6.30. The fourth-order valence-electron chi connectivity index (χ4n) is 4.38. The molecule has 0 heterocycles. The van der Waals surface area contributed by atoms with Gasteiger partial charge < -0.3 is 25.5 Å². The van der Waals surface area contributed by atoms with E-state index >= 15 is 0 Å². The molecule has 1 aliphatic rings. The van der Waals surface area contributed by atoms with Crippen molar-refractivity contribution in [3.8, 4) is 0 Å². The lowest BCUT2D eigenvalue weighted by molar-refractivity contribution is -0.758. The number of aliphatic hydroxyl groups excluding tert-OH is 3. The molecule has 1 fully saturated rings. The maximum atomic E-state index is 11.9. The van der Waals surface area contributed by atoms with E-state index in [-0.39, 0.29) is 30.8 Å².